The molecule has 25 heavy (non-hydrogen) atoms. The van der Waals surface area contributed by atoms with Crippen molar-refractivity contribution in [3.8, 4) is 5.75 Å². The second kappa shape index (κ2) is 7.31. The van der Waals surface area contributed by atoms with Gasteiger partial charge >= 0.3 is 0 Å². The second-order valence-corrected chi connectivity index (χ2v) is 5.43. The van der Waals surface area contributed by atoms with Crippen molar-refractivity contribution in [2.75, 3.05) is 5.32 Å². The molecule has 0 spiro atoms. The van der Waals surface area contributed by atoms with E-state index in [2.05, 4.69) is 10.4 Å². The van der Waals surface area contributed by atoms with Gasteiger partial charge in [-0.25, -0.2) is 13.5 Å². The highest BCUT2D eigenvalue weighted by Gasteiger charge is 2.13. The molecule has 0 aliphatic rings. The molecule has 3 aromatic rings. The summed E-state index contributed by atoms with van der Waals surface area (Å²) in [7, 11) is 0. The van der Waals surface area contributed by atoms with Crippen molar-refractivity contribution in [1.29, 1.82) is 0 Å². The summed E-state index contributed by atoms with van der Waals surface area (Å²) in [5.41, 5.74) is -0.0697. The van der Waals surface area contributed by atoms with Crippen LogP contribution in [0.15, 0.2) is 54.7 Å². The van der Waals surface area contributed by atoms with Crippen molar-refractivity contribution in [1.82, 2.24) is 9.78 Å². The van der Waals surface area contributed by atoms with Crippen molar-refractivity contribution in [2.24, 2.45) is 0 Å². The van der Waals surface area contributed by atoms with Crippen molar-refractivity contribution in [3.05, 3.63) is 77.1 Å². The van der Waals surface area contributed by atoms with E-state index in [1.807, 2.05) is 0 Å². The third-order valence-corrected chi connectivity index (χ3v) is 3.55. The lowest BCUT2D eigenvalue weighted by Gasteiger charge is -2.07. The number of ether oxygens (including phenoxy) is 1. The Hall–Kier alpha value is -2.93. The molecule has 1 amide bonds. The predicted octanol–water partition coefficient (Wildman–Crippen LogP) is 4.10. The first kappa shape index (κ1) is 16.9. The van der Waals surface area contributed by atoms with Crippen molar-refractivity contribution in [3.63, 3.8) is 0 Å². The van der Waals surface area contributed by atoms with Crippen LogP contribution in [0.3, 0.4) is 0 Å². The van der Waals surface area contributed by atoms with Crippen LogP contribution < -0.4 is 10.1 Å². The molecular formula is C17H12ClF2N3O2. The smallest absolute Gasteiger partial charge is 0.276 e. The Kier molecular flexibility index (Phi) is 4.95. The van der Waals surface area contributed by atoms with Gasteiger partial charge < -0.3 is 10.1 Å². The van der Waals surface area contributed by atoms with Crippen LogP contribution in [-0.4, -0.2) is 15.7 Å². The van der Waals surface area contributed by atoms with Crippen LogP contribution >= 0.6 is 11.6 Å². The Bertz CT molecular complexity index is 914. The minimum atomic E-state index is -0.866. The highest BCUT2D eigenvalue weighted by molar-refractivity contribution is 6.32. The molecule has 8 heteroatoms. The summed E-state index contributed by atoms with van der Waals surface area (Å²) < 4.78 is 33.3. The van der Waals surface area contributed by atoms with E-state index in [0.717, 1.165) is 12.1 Å². The number of benzene rings is 2. The molecule has 3 rings (SSSR count). The molecule has 0 bridgehead atoms. The van der Waals surface area contributed by atoms with Crippen molar-refractivity contribution in [2.45, 2.75) is 6.73 Å². The highest BCUT2D eigenvalue weighted by atomic mass is 35.5. The number of aromatic nitrogens is 2. The number of amides is 1. The maximum Gasteiger partial charge on any atom is 0.276 e. The van der Waals surface area contributed by atoms with Crippen LogP contribution in [0.1, 0.15) is 10.5 Å². The average Bonchev–Trinajstić information content (AvgIpc) is 3.06. The fourth-order valence-corrected chi connectivity index (χ4v) is 2.22. The summed E-state index contributed by atoms with van der Waals surface area (Å²) >= 11 is 5.98. The van der Waals surface area contributed by atoms with Crippen LogP contribution in [0.5, 0.6) is 5.75 Å². The van der Waals surface area contributed by atoms with Gasteiger partial charge in [-0.1, -0.05) is 23.7 Å². The zero-order chi connectivity index (χ0) is 17.8. The SMILES string of the molecule is O=C(Nc1ccc(F)cc1F)c1ccn(COc2ccccc2Cl)n1. The molecule has 0 aliphatic carbocycles. The summed E-state index contributed by atoms with van der Waals surface area (Å²) in [5, 5.41) is 6.83. The van der Waals surface area contributed by atoms with Crippen LogP contribution in [-0.2, 0) is 6.73 Å². The zero-order valence-corrected chi connectivity index (χ0v) is 13.5. The number of carbonyl (C=O) groups is 1. The minimum absolute atomic E-state index is 0.0436. The molecular weight excluding hydrogens is 352 g/mol. The molecule has 0 saturated heterocycles. The minimum Gasteiger partial charge on any atom is -0.470 e. The van der Waals surface area contributed by atoms with Gasteiger partial charge in [0.25, 0.3) is 5.91 Å². The van der Waals surface area contributed by atoms with E-state index in [0.29, 0.717) is 16.8 Å². The molecule has 0 atom stereocenters. The van der Waals surface area contributed by atoms with Crippen LogP contribution in [0.25, 0.3) is 0 Å². The maximum atomic E-state index is 13.6. The van der Waals surface area contributed by atoms with E-state index < -0.39 is 17.5 Å². The highest BCUT2D eigenvalue weighted by Crippen LogP contribution is 2.23. The lowest BCUT2D eigenvalue weighted by Crippen LogP contribution is -2.15. The first-order chi connectivity index (χ1) is 12.0. The van der Waals surface area contributed by atoms with Gasteiger partial charge in [0.15, 0.2) is 12.4 Å². The molecule has 1 heterocycles. The number of anilines is 1. The van der Waals surface area contributed by atoms with Gasteiger partial charge in [-0.05, 0) is 30.3 Å². The van der Waals surface area contributed by atoms with Crippen LogP contribution in [0.2, 0.25) is 5.02 Å². The Balaban J connectivity index is 1.64. The van der Waals surface area contributed by atoms with Gasteiger partial charge in [-0.3, -0.25) is 4.79 Å². The summed E-state index contributed by atoms with van der Waals surface area (Å²) in [6, 6.07) is 11.3. The van der Waals surface area contributed by atoms with Gasteiger partial charge in [-0.15, -0.1) is 0 Å². The number of halogens is 3. The molecule has 2 aromatic carbocycles. The van der Waals surface area contributed by atoms with Crippen molar-refractivity contribution < 1.29 is 18.3 Å². The molecule has 1 N–H and O–H groups in total. The fraction of sp³-hybridized carbons (Fsp3) is 0.0588. The zero-order valence-electron chi connectivity index (χ0n) is 12.7. The number of nitrogens with zero attached hydrogens (tertiary/aromatic N) is 2. The second-order valence-electron chi connectivity index (χ2n) is 5.02. The van der Waals surface area contributed by atoms with Crippen molar-refractivity contribution >= 4 is 23.2 Å². The van der Waals surface area contributed by atoms with Gasteiger partial charge in [0.2, 0.25) is 0 Å². The largest absolute Gasteiger partial charge is 0.470 e. The normalized spacial score (nSPS) is 10.5. The van der Waals surface area contributed by atoms with E-state index in [1.165, 1.54) is 16.9 Å². The van der Waals surface area contributed by atoms with Crippen LogP contribution in [0, 0.1) is 11.6 Å². The Morgan fingerprint density at radius 1 is 1.20 bits per heavy atom. The summed E-state index contributed by atoms with van der Waals surface area (Å²) in [6.45, 7) is 0.0436. The van der Waals surface area contributed by atoms with E-state index in [-0.39, 0.29) is 18.1 Å². The number of para-hydroxylation sites is 1. The number of hydrogen-bond donors (Lipinski definition) is 1. The van der Waals surface area contributed by atoms with Gasteiger partial charge in [0.05, 0.1) is 10.7 Å². The molecule has 0 radical (unpaired) electrons. The molecule has 0 saturated carbocycles. The maximum absolute atomic E-state index is 13.6. The molecule has 0 aliphatic heterocycles. The lowest BCUT2D eigenvalue weighted by molar-refractivity contribution is 0.101. The first-order valence-electron chi connectivity index (χ1n) is 7.20. The van der Waals surface area contributed by atoms with E-state index in [9.17, 15) is 13.6 Å². The number of hydrogen-bond acceptors (Lipinski definition) is 3. The average molecular weight is 364 g/mol. The molecule has 5 nitrogen and oxygen atoms in total. The van der Waals surface area contributed by atoms with E-state index >= 15 is 0 Å². The topological polar surface area (TPSA) is 56.2 Å². The van der Waals surface area contributed by atoms with E-state index in [4.69, 9.17) is 16.3 Å². The van der Waals surface area contributed by atoms with Gasteiger partial charge in [0.1, 0.15) is 17.4 Å². The lowest BCUT2D eigenvalue weighted by atomic mass is 10.3. The monoisotopic (exact) mass is 363 g/mol. The standard InChI is InChI=1S/C17H12ClF2N3O2/c18-12-3-1-2-4-16(12)25-10-23-8-7-15(22-23)17(24)21-14-6-5-11(19)9-13(14)20/h1-9H,10H2,(H,21,24). The third kappa shape index (κ3) is 4.13. The first-order valence-corrected chi connectivity index (χ1v) is 7.58. The summed E-state index contributed by atoms with van der Waals surface area (Å²) in [6.07, 6.45) is 1.53. The third-order valence-electron chi connectivity index (χ3n) is 3.24. The fourth-order valence-electron chi connectivity index (χ4n) is 2.03. The van der Waals surface area contributed by atoms with Gasteiger partial charge in [0, 0.05) is 12.3 Å². The number of carbonyl (C=O) groups excluding carboxylic acids is 1. The number of rotatable bonds is 5. The van der Waals surface area contributed by atoms with Crippen LogP contribution in [0.4, 0.5) is 14.5 Å². The quantitative estimate of drug-likeness (QED) is 0.742. The Morgan fingerprint density at radius 3 is 2.76 bits per heavy atom. The number of nitrogens with one attached hydrogen (secondary N) is 1. The molecule has 0 fully saturated rings. The molecule has 0 unspecified atom stereocenters. The Morgan fingerprint density at radius 2 is 2.00 bits per heavy atom. The predicted molar refractivity (Wildman–Crippen MR) is 88.6 cm³/mol. The molecule has 128 valence electrons. The summed E-state index contributed by atoms with van der Waals surface area (Å²) in [4.78, 5) is 12.1. The molecule has 1 aromatic heterocycles. The Labute approximate surface area is 146 Å². The van der Waals surface area contributed by atoms with E-state index in [1.54, 1.807) is 24.3 Å². The van der Waals surface area contributed by atoms with Gasteiger partial charge in [-0.2, -0.15) is 5.10 Å². The summed E-state index contributed by atoms with van der Waals surface area (Å²) in [5.74, 6) is -1.73.